The van der Waals surface area contributed by atoms with Gasteiger partial charge in [0, 0.05) is 13.1 Å². The molecule has 156 valence electrons. The maximum atomic E-state index is 13.6. The number of fused-ring (bicyclic) bond motifs is 1. The van der Waals surface area contributed by atoms with Gasteiger partial charge in [0.2, 0.25) is 5.82 Å². The fourth-order valence-electron chi connectivity index (χ4n) is 4.19. The molecular weight excluding hydrogens is 407 g/mol. The fraction of sp³-hybridized carbons (Fsp3) is 0.381. The highest BCUT2D eigenvalue weighted by atomic mass is 32.2. The Bertz CT molecular complexity index is 1040. The molecule has 2 aromatic heterocycles. The summed E-state index contributed by atoms with van der Waals surface area (Å²) in [5.41, 5.74) is 0.889. The van der Waals surface area contributed by atoms with Crippen LogP contribution in [-0.2, 0) is 4.74 Å². The molecule has 0 aliphatic carbocycles. The summed E-state index contributed by atoms with van der Waals surface area (Å²) in [7, 11) is 0. The lowest BCUT2D eigenvalue weighted by atomic mass is 9.99. The first kappa shape index (κ1) is 19.5. The van der Waals surface area contributed by atoms with E-state index in [1.807, 2.05) is 13.8 Å². The molecule has 2 aliphatic rings. The van der Waals surface area contributed by atoms with Crippen molar-refractivity contribution in [1.82, 2.24) is 19.7 Å². The highest BCUT2D eigenvalue weighted by Gasteiger charge is 2.44. The van der Waals surface area contributed by atoms with Crippen LogP contribution in [0.25, 0.3) is 11.6 Å². The van der Waals surface area contributed by atoms with Crippen molar-refractivity contribution >= 4 is 17.7 Å². The van der Waals surface area contributed by atoms with Gasteiger partial charge in [-0.25, -0.2) is 4.39 Å². The molecule has 0 N–H and O–H groups in total. The van der Waals surface area contributed by atoms with Gasteiger partial charge in [-0.1, -0.05) is 23.9 Å². The van der Waals surface area contributed by atoms with E-state index in [0.717, 1.165) is 5.56 Å². The topological polar surface area (TPSA) is 73.4 Å². The molecule has 0 bridgehead atoms. The largest absolute Gasteiger partial charge is 0.461 e. The van der Waals surface area contributed by atoms with Crippen molar-refractivity contribution in [2.24, 2.45) is 0 Å². The average Bonchev–Trinajstić information content (AvgIpc) is 3.42. The van der Waals surface area contributed by atoms with Gasteiger partial charge >= 0.3 is 0 Å². The number of morpholine rings is 1. The molecule has 0 radical (unpaired) electrons. The molecule has 4 unspecified atom stereocenters. The second kappa shape index (κ2) is 7.64. The van der Waals surface area contributed by atoms with Gasteiger partial charge in [0.1, 0.15) is 11.1 Å². The molecule has 30 heavy (non-hydrogen) atoms. The maximum absolute atomic E-state index is 13.6. The Hall–Kier alpha value is -2.49. The lowest BCUT2D eigenvalue weighted by Crippen LogP contribution is -2.50. The first-order valence-corrected chi connectivity index (χ1v) is 10.7. The van der Waals surface area contributed by atoms with Crippen LogP contribution in [0.2, 0.25) is 0 Å². The van der Waals surface area contributed by atoms with Crippen molar-refractivity contribution in [3.05, 3.63) is 54.0 Å². The summed E-state index contributed by atoms with van der Waals surface area (Å²) in [6.45, 7) is 5.42. The van der Waals surface area contributed by atoms with E-state index in [1.54, 1.807) is 30.5 Å². The van der Waals surface area contributed by atoms with E-state index in [4.69, 9.17) is 9.15 Å². The monoisotopic (exact) mass is 428 g/mol. The standard InChI is InChI=1S/C21H21FN4O3S/c1-12-10-25(11-13(2)29-12)17(14-5-7-15(22)8-6-14)18-20(27)26-21(30-18)23-19(24-26)16-4-3-9-28-16/h3-9,12-13,17-18H,10-11H2,1-2H3. The number of halogens is 1. The van der Waals surface area contributed by atoms with Gasteiger partial charge in [0.15, 0.2) is 10.9 Å². The zero-order valence-electron chi connectivity index (χ0n) is 16.6. The Morgan fingerprint density at radius 1 is 1.17 bits per heavy atom. The third-order valence-corrected chi connectivity index (χ3v) is 6.53. The highest BCUT2D eigenvalue weighted by Crippen LogP contribution is 2.42. The number of carbonyl (C=O) groups is 1. The maximum Gasteiger partial charge on any atom is 0.264 e. The third-order valence-electron chi connectivity index (χ3n) is 5.34. The molecule has 1 saturated heterocycles. The number of hydrogen-bond acceptors (Lipinski definition) is 7. The average molecular weight is 428 g/mol. The number of nitrogens with zero attached hydrogens (tertiary/aromatic N) is 4. The fourth-order valence-corrected chi connectivity index (χ4v) is 5.45. The first-order chi connectivity index (χ1) is 14.5. The third kappa shape index (κ3) is 3.46. The first-order valence-electron chi connectivity index (χ1n) is 9.86. The number of aromatic nitrogens is 3. The number of rotatable bonds is 4. The summed E-state index contributed by atoms with van der Waals surface area (Å²) in [4.78, 5) is 20.1. The van der Waals surface area contributed by atoms with Gasteiger partial charge in [0.05, 0.1) is 24.5 Å². The molecular formula is C21H21FN4O3S. The van der Waals surface area contributed by atoms with Gasteiger partial charge in [-0.15, -0.1) is 5.10 Å². The smallest absolute Gasteiger partial charge is 0.264 e. The second-order valence-electron chi connectivity index (χ2n) is 7.69. The lowest BCUT2D eigenvalue weighted by molar-refractivity contribution is -0.0804. The minimum absolute atomic E-state index is 0.0407. The van der Waals surface area contributed by atoms with Crippen LogP contribution in [0.4, 0.5) is 4.39 Å². The predicted octanol–water partition coefficient (Wildman–Crippen LogP) is 3.64. The van der Waals surface area contributed by atoms with E-state index < -0.39 is 5.25 Å². The SMILES string of the molecule is CC1CN(C(c2ccc(F)cc2)C2Sc3nc(-c4ccco4)nn3C2=O)CC(C)O1. The van der Waals surface area contributed by atoms with Crippen LogP contribution >= 0.6 is 11.8 Å². The Morgan fingerprint density at radius 3 is 2.53 bits per heavy atom. The number of hydrogen-bond donors (Lipinski definition) is 0. The number of carbonyl (C=O) groups excluding carboxylic acids is 1. The summed E-state index contributed by atoms with van der Waals surface area (Å²) in [6.07, 6.45) is 1.63. The van der Waals surface area contributed by atoms with Crippen LogP contribution in [0.1, 0.15) is 30.2 Å². The Balaban J connectivity index is 1.48. The van der Waals surface area contributed by atoms with Crippen LogP contribution in [0.5, 0.6) is 0 Å². The second-order valence-corrected chi connectivity index (χ2v) is 8.80. The van der Waals surface area contributed by atoms with Crippen LogP contribution in [-0.4, -0.2) is 56.1 Å². The predicted molar refractivity (Wildman–Crippen MR) is 109 cm³/mol. The number of ether oxygens (including phenoxy) is 1. The van der Waals surface area contributed by atoms with Gasteiger partial charge in [-0.2, -0.15) is 9.67 Å². The molecule has 0 saturated carbocycles. The number of thioether (sulfide) groups is 1. The van der Waals surface area contributed by atoms with E-state index in [-0.39, 0.29) is 30.0 Å². The molecule has 9 heteroatoms. The van der Waals surface area contributed by atoms with Crippen LogP contribution in [0.3, 0.4) is 0 Å². The Morgan fingerprint density at radius 2 is 1.90 bits per heavy atom. The van der Waals surface area contributed by atoms with Crippen molar-refractivity contribution < 1.29 is 18.3 Å². The normalized spacial score (nSPS) is 25.4. The van der Waals surface area contributed by atoms with Crippen molar-refractivity contribution in [3.8, 4) is 11.6 Å². The molecule has 0 amide bonds. The molecule has 5 rings (SSSR count). The van der Waals surface area contributed by atoms with Crippen molar-refractivity contribution in [2.45, 2.75) is 42.5 Å². The minimum Gasteiger partial charge on any atom is -0.461 e. The van der Waals surface area contributed by atoms with Gasteiger partial charge < -0.3 is 9.15 Å². The van der Waals surface area contributed by atoms with E-state index in [9.17, 15) is 9.18 Å². The van der Waals surface area contributed by atoms with E-state index in [1.165, 1.54) is 28.6 Å². The van der Waals surface area contributed by atoms with Crippen LogP contribution < -0.4 is 0 Å². The zero-order chi connectivity index (χ0) is 20.8. The summed E-state index contributed by atoms with van der Waals surface area (Å²) < 4.78 is 26.2. The van der Waals surface area contributed by atoms with E-state index in [0.29, 0.717) is 29.8 Å². The molecule has 7 nitrogen and oxygen atoms in total. The molecule has 4 heterocycles. The van der Waals surface area contributed by atoms with Crippen molar-refractivity contribution in [1.29, 1.82) is 0 Å². The van der Waals surface area contributed by atoms with Gasteiger partial charge in [-0.05, 0) is 43.7 Å². The highest BCUT2D eigenvalue weighted by molar-refractivity contribution is 8.00. The zero-order valence-corrected chi connectivity index (χ0v) is 17.4. The Labute approximate surface area is 177 Å². The molecule has 4 atom stereocenters. The molecule has 1 aromatic carbocycles. The van der Waals surface area contributed by atoms with Crippen LogP contribution in [0, 0.1) is 5.82 Å². The number of benzene rings is 1. The number of furan rings is 1. The molecule has 1 fully saturated rings. The summed E-state index contributed by atoms with van der Waals surface area (Å²) in [5, 5.41) is 4.47. The van der Waals surface area contributed by atoms with Crippen molar-refractivity contribution in [3.63, 3.8) is 0 Å². The lowest BCUT2D eigenvalue weighted by Gasteiger charge is -2.41. The minimum atomic E-state index is -0.436. The van der Waals surface area contributed by atoms with E-state index >= 15 is 0 Å². The summed E-state index contributed by atoms with van der Waals surface area (Å²) >= 11 is 1.39. The quantitative estimate of drug-likeness (QED) is 0.628. The molecule has 0 spiro atoms. The summed E-state index contributed by atoms with van der Waals surface area (Å²) in [6, 6.07) is 9.65. The van der Waals surface area contributed by atoms with E-state index in [2.05, 4.69) is 15.0 Å². The van der Waals surface area contributed by atoms with Gasteiger partial charge in [-0.3, -0.25) is 9.69 Å². The van der Waals surface area contributed by atoms with Crippen molar-refractivity contribution in [2.75, 3.05) is 13.1 Å². The van der Waals surface area contributed by atoms with Crippen LogP contribution in [0.15, 0.2) is 52.2 Å². The molecule has 3 aromatic rings. The Kier molecular flexibility index (Phi) is 4.96. The molecule has 2 aliphatic heterocycles. The summed E-state index contributed by atoms with van der Waals surface area (Å²) in [5.74, 6) is 0.472. The van der Waals surface area contributed by atoms with Gasteiger partial charge in [0.25, 0.3) is 5.91 Å².